The van der Waals surface area contributed by atoms with E-state index in [4.69, 9.17) is 4.74 Å². The van der Waals surface area contributed by atoms with Gasteiger partial charge in [-0.2, -0.15) is 0 Å². The minimum atomic E-state index is -0.0124. The summed E-state index contributed by atoms with van der Waals surface area (Å²) in [6.07, 6.45) is 0.718. The third-order valence-corrected chi connectivity index (χ3v) is 4.04. The minimum Gasteiger partial charge on any atom is -0.460 e. The van der Waals surface area contributed by atoms with Gasteiger partial charge in [-0.3, -0.25) is 9.69 Å². The molecule has 0 radical (unpaired) electrons. The average Bonchev–Trinajstić information content (AvgIpc) is 2.56. The maximum atomic E-state index is 11.4. The lowest BCUT2D eigenvalue weighted by Gasteiger charge is -2.43. The first kappa shape index (κ1) is 10.5. The number of cyclic esters (lactones) is 1. The Kier molecular flexibility index (Phi) is 2.61. The number of carbonyl (C=O) groups is 1. The molecular weight excluding hydrogens is 206 g/mol. The van der Waals surface area contributed by atoms with Gasteiger partial charge in [0.05, 0.1) is 6.42 Å². The molecule has 16 heavy (non-hydrogen) atoms. The first-order chi connectivity index (χ1) is 7.78. The van der Waals surface area contributed by atoms with Gasteiger partial charge < -0.3 is 15.4 Å². The third kappa shape index (κ3) is 1.73. The number of nitrogens with one attached hydrogen (secondary N) is 2. The zero-order valence-corrected chi connectivity index (χ0v) is 9.50. The van der Waals surface area contributed by atoms with E-state index in [1.165, 1.54) is 0 Å². The van der Waals surface area contributed by atoms with Crippen LogP contribution in [0.15, 0.2) is 0 Å². The maximum absolute atomic E-state index is 11.4. The van der Waals surface area contributed by atoms with Crippen LogP contribution in [0, 0.1) is 5.41 Å². The molecule has 0 amide bonds. The van der Waals surface area contributed by atoms with Gasteiger partial charge in [-0.15, -0.1) is 0 Å². The number of hydrogen-bond acceptors (Lipinski definition) is 5. The van der Waals surface area contributed by atoms with Gasteiger partial charge in [-0.1, -0.05) is 0 Å². The zero-order valence-electron chi connectivity index (χ0n) is 9.50. The van der Waals surface area contributed by atoms with E-state index in [9.17, 15) is 4.79 Å². The van der Waals surface area contributed by atoms with E-state index in [0.717, 1.165) is 45.8 Å². The number of hydrogen-bond donors (Lipinski definition) is 2. The summed E-state index contributed by atoms with van der Waals surface area (Å²) < 4.78 is 5.48. The number of nitrogens with zero attached hydrogens (tertiary/aromatic N) is 1. The van der Waals surface area contributed by atoms with Crippen molar-refractivity contribution < 1.29 is 9.53 Å². The molecule has 0 saturated carbocycles. The van der Waals surface area contributed by atoms with E-state index in [1.54, 1.807) is 0 Å². The van der Waals surface area contributed by atoms with E-state index in [0.29, 0.717) is 6.42 Å². The summed E-state index contributed by atoms with van der Waals surface area (Å²) in [6.45, 7) is 7.02. The summed E-state index contributed by atoms with van der Waals surface area (Å²) in [7, 11) is 0. The van der Waals surface area contributed by atoms with Crippen LogP contribution in [-0.4, -0.2) is 62.8 Å². The Morgan fingerprint density at radius 1 is 1.31 bits per heavy atom. The summed E-state index contributed by atoms with van der Waals surface area (Å²) in [5.74, 6) is -0.0124. The lowest BCUT2D eigenvalue weighted by atomic mass is 9.75. The molecule has 1 atom stereocenters. The van der Waals surface area contributed by atoms with Crippen LogP contribution in [0.25, 0.3) is 0 Å². The molecule has 3 rings (SSSR count). The molecule has 0 aromatic heterocycles. The number of ether oxygens (including phenoxy) is 1. The van der Waals surface area contributed by atoms with Gasteiger partial charge in [0.25, 0.3) is 0 Å². The van der Waals surface area contributed by atoms with Crippen LogP contribution in [0.3, 0.4) is 0 Å². The predicted octanol–water partition coefficient (Wildman–Crippen LogP) is -1.20. The molecule has 0 aromatic rings. The second kappa shape index (κ2) is 3.98. The Balaban J connectivity index is 1.62. The van der Waals surface area contributed by atoms with Crippen molar-refractivity contribution in [2.75, 3.05) is 45.8 Å². The Labute approximate surface area is 95.5 Å². The van der Waals surface area contributed by atoms with Gasteiger partial charge in [0.1, 0.15) is 6.10 Å². The monoisotopic (exact) mass is 225 g/mol. The lowest BCUT2D eigenvalue weighted by Crippen LogP contribution is -2.60. The number of rotatable bonds is 2. The first-order valence-corrected chi connectivity index (χ1v) is 6.12. The molecule has 0 bridgehead atoms. The Morgan fingerprint density at radius 3 is 2.69 bits per heavy atom. The highest BCUT2D eigenvalue weighted by Crippen LogP contribution is 2.39. The summed E-state index contributed by atoms with van der Waals surface area (Å²) in [4.78, 5) is 13.8. The van der Waals surface area contributed by atoms with Crippen molar-refractivity contribution in [1.29, 1.82) is 0 Å². The van der Waals surface area contributed by atoms with Gasteiger partial charge in [0.15, 0.2) is 0 Å². The fourth-order valence-corrected chi connectivity index (χ4v) is 2.88. The van der Waals surface area contributed by atoms with Crippen LogP contribution in [0.5, 0.6) is 0 Å². The fourth-order valence-electron chi connectivity index (χ4n) is 2.88. The number of piperazine rings is 1. The largest absolute Gasteiger partial charge is 0.460 e. The molecule has 3 aliphatic rings. The molecule has 90 valence electrons. The minimum absolute atomic E-state index is 0.0124. The first-order valence-electron chi connectivity index (χ1n) is 6.12. The standard InChI is InChI=1S/C11H19N3O2/c15-10-5-11(7-13-8-11)9(16-10)6-14-3-1-12-2-4-14/h9,12-13H,1-8H2. The molecule has 1 unspecified atom stereocenters. The molecular formula is C11H19N3O2. The molecule has 3 fully saturated rings. The SMILES string of the molecule is O=C1CC2(CNC2)C(CN2CCNCC2)O1. The van der Waals surface area contributed by atoms with Crippen molar-refractivity contribution in [2.45, 2.75) is 12.5 Å². The van der Waals surface area contributed by atoms with Crippen LogP contribution < -0.4 is 10.6 Å². The van der Waals surface area contributed by atoms with Crippen LogP contribution in [0.1, 0.15) is 6.42 Å². The van der Waals surface area contributed by atoms with Gasteiger partial charge in [0, 0.05) is 51.2 Å². The predicted molar refractivity (Wildman–Crippen MR) is 59.1 cm³/mol. The summed E-state index contributed by atoms with van der Waals surface area (Å²) in [6, 6.07) is 0. The third-order valence-electron chi connectivity index (χ3n) is 4.04. The van der Waals surface area contributed by atoms with Crippen LogP contribution in [0.2, 0.25) is 0 Å². The molecule has 2 N–H and O–H groups in total. The second-order valence-corrected chi connectivity index (χ2v) is 5.17. The number of esters is 1. The summed E-state index contributed by atoms with van der Waals surface area (Å²) in [5, 5.41) is 6.60. The van der Waals surface area contributed by atoms with Gasteiger partial charge in [-0.05, 0) is 0 Å². The lowest BCUT2D eigenvalue weighted by molar-refractivity contribution is -0.142. The van der Waals surface area contributed by atoms with E-state index in [1.807, 2.05) is 0 Å². The van der Waals surface area contributed by atoms with Gasteiger partial charge in [0.2, 0.25) is 0 Å². The van der Waals surface area contributed by atoms with Crippen molar-refractivity contribution in [2.24, 2.45) is 5.41 Å². The van der Waals surface area contributed by atoms with Crippen LogP contribution in [0.4, 0.5) is 0 Å². The Morgan fingerprint density at radius 2 is 2.06 bits per heavy atom. The molecule has 5 heteroatoms. The van der Waals surface area contributed by atoms with Crippen molar-refractivity contribution in [3.63, 3.8) is 0 Å². The van der Waals surface area contributed by atoms with Crippen molar-refractivity contribution in [3.05, 3.63) is 0 Å². The summed E-state index contributed by atoms with van der Waals surface area (Å²) in [5.41, 5.74) is 0.113. The quantitative estimate of drug-likeness (QED) is 0.578. The van der Waals surface area contributed by atoms with Gasteiger partial charge in [-0.25, -0.2) is 0 Å². The van der Waals surface area contributed by atoms with Crippen molar-refractivity contribution in [3.8, 4) is 0 Å². The molecule has 3 heterocycles. The maximum Gasteiger partial charge on any atom is 0.306 e. The van der Waals surface area contributed by atoms with E-state index in [-0.39, 0.29) is 17.5 Å². The highest BCUT2D eigenvalue weighted by Gasteiger charge is 2.53. The van der Waals surface area contributed by atoms with E-state index < -0.39 is 0 Å². The highest BCUT2D eigenvalue weighted by atomic mass is 16.6. The second-order valence-electron chi connectivity index (χ2n) is 5.17. The molecule has 5 nitrogen and oxygen atoms in total. The molecule has 3 saturated heterocycles. The average molecular weight is 225 g/mol. The highest BCUT2D eigenvalue weighted by molar-refractivity contribution is 5.73. The zero-order chi connectivity index (χ0) is 11.0. The van der Waals surface area contributed by atoms with E-state index in [2.05, 4.69) is 15.5 Å². The molecule has 3 aliphatic heterocycles. The normalized spacial score (nSPS) is 33.8. The van der Waals surface area contributed by atoms with E-state index >= 15 is 0 Å². The molecule has 1 spiro atoms. The van der Waals surface area contributed by atoms with Crippen LogP contribution >= 0.6 is 0 Å². The Hall–Kier alpha value is -0.650. The van der Waals surface area contributed by atoms with Crippen LogP contribution in [-0.2, 0) is 9.53 Å². The van der Waals surface area contributed by atoms with Crippen molar-refractivity contribution in [1.82, 2.24) is 15.5 Å². The fraction of sp³-hybridized carbons (Fsp3) is 0.909. The molecule has 0 aromatic carbocycles. The Bertz CT molecular complexity index is 285. The van der Waals surface area contributed by atoms with Crippen molar-refractivity contribution >= 4 is 5.97 Å². The topological polar surface area (TPSA) is 53.6 Å². The molecule has 0 aliphatic carbocycles. The smallest absolute Gasteiger partial charge is 0.306 e. The number of carbonyl (C=O) groups excluding carboxylic acids is 1. The van der Waals surface area contributed by atoms with Gasteiger partial charge >= 0.3 is 5.97 Å². The summed E-state index contributed by atoms with van der Waals surface area (Å²) >= 11 is 0.